The Morgan fingerprint density at radius 2 is 1.93 bits per heavy atom. The van der Waals surface area contributed by atoms with Gasteiger partial charge in [0.2, 0.25) is 0 Å². The molecule has 0 bridgehead atoms. The summed E-state index contributed by atoms with van der Waals surface area (Å²) in [5.41, 5.74) is 9.32. The zero-order valence-electron chi connectivity index (χ0n) is 16.5. The third-order valence-corrected chi connectivity index (χ3v) is 6.69. The number of hydrogen-bond donors (Lipinski definition) is 2. The van der Waals surface area contributed by atoms with Gasteiger partial charge in [-0.2, -0.15) is 0 Å². The maximum Gasteiger partial charge on any atom is 0.172 e. The van der Waals surface area contributed by atoms with Crippen molar-refractivity contribution in [1.82, 2.24) is 0 Å². The van der Waals surface area contributed by atoms with E-state index in [1.165, 1.54) is 28.0 Å². The van der Waals surface area contributed by atoms with Crippen LogP contribution >= 0.6 is 22.9 Å². The number of hydrogen-bond acceptors (Lipinski definition) is 4. The lowest BCUT2D eigenvalue weighted by Crippen LogP contribution is -2.40. The van der Waals surface area contributed by atoms with E-state index in [-0.39, 0.29) is 12.4 Å². The lowest BCUT2D eigenvalue weighted by atomic mass is 9.98. The van der Waals surface area contributed by atoms with E-state index < -0.39 is 5.54 Å². The minimum Gasteiger partial charge on any atom is -0.394 e. The number of rotatable bonds is 10. The van der Waals surface area contributed by atoms with E-state index >= 15 is 0 Å². The molecule has 0 radical (unpaired) electrons. The minimum absolute atomic E-state index is 0.0672. The van der Waals surface area contributed by atoms with Crippen LogP contribution in [0.15, 0.2) is 24.3 Å². The fraction of sp³-hybridized carbons (Fsp3) is 0.500. The second-order valence-electron chi connectivity index (χ2n) is 7.74. The van der Waals surface area contributed by atoms with Crippen molar-refractivity contribution in [3.8, 4) is 0 Å². The van der Waals surface area contributed by atoms with E-state index in [1.54, 1.807) is 6.07 Å². The highest BCUT2D eigenvalue weighted by molar-refractivity contribution is 7.14. The molecule has 1 aromatic heterocycles. The minimum atomic E-state index is -0.619. The molecule has 1 aromatic carbocycles. The highest BCUT2D eigenvalue weighted by Crippen LogP contribution is 2.30. The number of aryl methyl sites for hydroxylation is 4. The molecule has 0 aliphatic heterocycles. The van der Waals surface area contributed by atoms with E-state index in [0.717, 1.165) is 29.0 Å². The summed E-state index contributed by atoms with van der Waals surface area (Å²) in [6.45, 7) is 6.00. The zero-order valence-corrected chi connectivity index (χ0v) is 18.1. The Bertz CT molecular complexity index is 783. The molecule has 3 nitrogen and oxygen atoms in total. The molecule has 0 spiro atoms. The number of carbonyl (C=O) groups excluding carboxylic acids is 1. The van der Waals surface area contributed by atoms with Gasteiger partial charge in [0.15, 0.2) is 5.78 Å². The number of nitrogens with two attached hydrogens (primary N) is 1. The fourth-order valence-electron chi connectivity index (χ4n) is 2.89. The smallest absolute Gasteiger partial charge is 0.172 e. The first-order valence-electron chi connectivity index (χ1n) is 9.49. The van der Waals surface area contributed by atoms with Crippen molar-refractivity contribution in [2.24, 2.45) is 5.73 Å². The lowest BCUT2D eigenvalue weighted by Gasteiger charge is -2.20. The zero-order chi connectivity index (χ0) is 20.0. The lowest BCUT2D eigenvalue weighted by molar-refractivity contribution is 0.0983. The molecule has 1 unspecified atom stereocenters. The molecule has 0 aliphatic carbocycles. The summed E-state index contributed by atoms with van der Waals surface area (Å²) in [6, 6.07) is 8.35. The van der Waals surface area contributed by atoms with Gasteiger partial charge in [-0.25, -0.2) is 0 Å². The molecule has 0 fully saturated rings. The van der Waals surface area contributed by atoms with Gasteiger partial charge in [0, 0.05) is 16.8 Å². The molecule has 0 amide bonds. The molecule has 0 aliphatic rings. The van der Waals surface area contributed by atoms with Crippen LogP contribution in [0, 0.1) is 13.8 Å². The molecule has 0 saturated heterocycles. The summed E-state index contributed by atoms with van der Waals surface area (Å²) in [7, 11) is 0. The summed E-state index contributed by atoms with van der Waals surface area (Å²) >= 11 is 7.74. The maximum absolute atomic E-state index is 12.5. The van der Waals surface area contributed by atoms with Crippen molar-refractivity contribution in [3.05, 3.63) is 55.7 Å². The SMILES string of the molecule is Cc1ccc(CCCCC(=O)c2cc(Cl)c(CCC(C)(N)CO)s2)cc1C. The Morgan fingerprint density at radius 3 is 2.59 bits per heavy atom. The number of Topliss-reactive ketones (excluding diaryl/α,β-unsaturated/α-hetero) is 1. The summed E-state index contributed by atoms with van der Waals surface area (Å²) in [6.07, 6.45) is 4.74. The van der Waals surface area contributed by atoms with Crippen molar-refractivity contribution in [2.45, 2.75) is 64.8 Å². The van der Waals surface area contributed by atoms with Crippen molar-refractivity contribution < 1.29 is 9.90 Å². The number of ketones is 1. The van der Waals surface area contributed by atoms with Crippen molar-refractivity contribution in [1.29, 1.82) is 0 Å². The van der Waals surface area contributed by atoms with Crippen LogP contribution in [0.4, 0.5) is 0 Å². The molecule has 1 heterocycles. The number of benzene rings is 1. The quantitative estimate of drug-likeness (QED) is 0.417. The van der Waals surface area contributed by atoms with E-state index in [4.69, 9.17) is 17.3 Å². The summed E-state index contributed by atoms with van der Waals surface area (Å²) in [5, 5.41) is 9.89. The third-order valence-electron chi connectivity index (χ3n) is 5.01. The van der Waals surface area contributed by atoms with Gasteiger partial charge in [0.1, 0.15) is 0 Å². The summed E-state index contributed by atoms with van der Waals surface area (Å²) in [5.74, 6) is 0.158. The molecular formula is C22H30ClNO2S. The number of unbranched alkanes of at least 4 members (excludes halogenated alkanes) is 1. The molecule has 27 heavy (non-hydrogen) atoms. The standard InChI is InChI=1S/C22H30ClNO2S/c1-15-8-9-17(12-16(15)2)6-4-5-7-19(26)21-13-18(23)20(27-21)10-11-22(3,24)14-25/h8-9,12-13,25H,4-7,10-11,14,24H2,1-3H3. The van der Waals surface area contributed by atoms with Crippen LogP contribution in [0.3, 0.4) is 0 Å². The largest absolute Gasteiger partial charge is 0.394 e. The number of carbonyl (C=O) groups is 1. The van der Waals surface area contributed by atoms with Gasteiger partial charge < -0.3 is 10.8 Å². The van der Waals surface area contributed by atoms with Crippen LogP contribution in [-0.2, 0) is 12.8 Å². The predicted molar refractivity (Wildman–Crippen MR) is 115 cm³/mol. The highest BCUT2D eigenvalue weighted by atomic mass is 35.5. The Hall–Kier alpha value is -1.20. The topological polar surface area (TPSA) is 63.3 Å². The monoisotopic (exact) mass is 407 g/mol. The molecule has 3 N–H and O–H groups in total. The van der Waals surface area contributed by atoms with E-state index in [1.807, 2.05) is 6.92 Å². The van der Waals surface area contributed by atoms with E-state index in [9.17, 15) is 9.90 Å². The van der Waals surface area contributed by atoms with Crippen LogP contribution in [0.2, 0.25) is 5.02 Å². The van der Waals surface area contributed by atoms with Crippen LogP contribution in [0.5, 0.6) is 0 Å². The molecular weight excluding hydrogens is 378 g/mol. The normalized spacial score (nSPS) is 13.6. The van der Waals surface area contributed by atoms with Crippen molar-refractivity contribution in [2.75, 3.05) is 6.61 Å². The first-order chi connectivity index (χ1) is 12.7. The Balaban J connectivity index is 1.82. The highest BCUT2D eigenvalue weighted by Gasteiger charge is 2.19. The Kier molecular flexibility index (Phi) is 8.04. The van der Waals surface area contributed by atoms with Gasteiger partial charge >= 0.3 is 0 Å². The average Bonchev–Trinajstić information content (AvgIpc) is 3.01. The summed E-state index contributed by atoms with van der Waals surface area (Å²) < 4.78 is 0. The van der Waals surface area contributed by atoms with Crippen molar-refractivity contribution >= 4 is 28.7 Å². The van der Waals surface area contributed by atoms with Crippen LogP contribution < -0.4 is 5.73 Å². The third kappa shape index (κ3) is 6.72. The van der Waals surface area contributed by atoms with Gasteiger partial charge in [-0.15, -0.1) is 11.3 Å². The molecule has 2 rings (SSSR count). The second kappa shape index (κ2) is 9.83. The fourth-order valence-corrected chi connectivity index (χ4v) is 4.29. The molecule has 1 atom stereocenters. The van der Waals surface area contributed by atoms with Gasteiger partial charge in [0.05, 0.1) is 16.5 Å². The maximum atomic E-state index is 12.5. The van der Waals surface area contributed by atoms with Crippen LogP contribution in [-0.4, -0.2) is 23.0 Å². The van der Waals surface area contributed by atoms with Crippen LogP contribution in [0.1, 0.15) is 63.8 Å². The predicted octanol–water partition coefficient (Wildman–Crippen LogP) is 5.26. The van der Waals surface area contributed by atoms with E-state index in [0.29, 0.717) is 24.3 Å². The average molecular weight is 408 g/mol. The first-order valence-corrected chi connectivity index (χ1v) is 10.7. The summed E-state index contributed by atoms with van der Waals surface area (Å²) in [4.78, 5) is 14.2. The van der Waals surface area contributed by atoms with Gasteiger partial charge in [-0.1, -0.05) is 29.8 Å². The number of thiophene rings is 1. The number of aliphatic hydroxyl groups is 1. The van der Waals surface area contributed by atoms with E-state index in [2.05, 4.69) is 32.0 Å². The molecule has 2 aromatic rings. The van der Waals surface area contributed by atoms with Crippen molar-refractivity contribution in [3.63, 3.8) is 0 Å². The molecule has 148 valence electrons. The molecule has 5 heteroatoms. The number of halogens is 1. The van der Waals surface area contributed by atoms with Gasteiger partial charge in [0.25, 0.3) is 0 Å². The van der Waals surface area contributed by atoms with Gasteiger partial charge in [-0.3, -0.25) is 4.79 Å². The number of aliphatic hydroxyl groups excluding tert-OH is 1. The molecule has 0 saturated carbocycles. The van der Waals surface area contributed by atoms with Crippen LogP contribution in [0.25, 0.3) is 0 Å². The Labute approximate surface area is 171 Å². The Morgan fingerprint density at radius 1 is 1.19 bits per heavy atom. The first kappa shape index (κ1) is 22.1. The van der Waals surface area contributed by atoms with Gasteiger partial charge in [-0.05, 0) is 75.6 Å². The second-order valence-corrected chi connectivity index (χ2v) is 9.29.